The lowest BCUT2D eigenvalue weighted by atomic mass is 10.1. The number of amides is 1. The Balaban J connectivity index is 1.45. The van der Waals surface area contributed by atoms with Crippen molar-refractivity contribution in [2.75, 3.05) is 6.54 Å². The topological polar surface area (TPSA) is 56.1 Å². The van der Waals surface area contributed by atoms with E-state index in [4.69, 9.17) is 39.5 Å². The van der Waals surface area contributed by atoms with E-state index >= 15 is 0 Å². The minimum Gasteiger partial charge on any atom is -0.489 e. The van der Waals surface area contributed by atoms with Crippen LogP contribution >= 0.6 is 34.8 Å². The molecule has 0 radical (unpaired) electrons. The third-order valence-electron chi connectivity index (χ3n) is 4.58. The Morgan fingerprint density at radius 3 is 2.47 bits per heavy atom. The molecule has 0 atom stereocenters. The molecule has 0 spiro atoms. The minimum absolute atomic E-state index is 0.128. The van der Waals surface area contributed by atoms with Crippen LogP contribution in [0.1, 0.15) is 33.6 Å². The number of halogens is 3. The van der Waals surface area contributed by atoms with E-state index in [1.54, 1.807) is 23.7 Å². The molecule has 1 aromatic heterocycles. The highest BCUT2D eigenvalue weighted by Gasteiger charge is 2.11. The Bertz CT molecular complexity index is 1030. The van der Waals surface area contributed by atoms with E-state index < -0.39 is 0 Å². The van der Waals surface area contributed by atoms with E-state index in [9.17, 15) is 4.79 Å². The number of nitrogens with one attached hydrogen (secondary N) is 1. The van der Waals surface area contributed by atoms with Crippen molar-refractivity contribution in [1.82, 2.24) is 15.1 Å². The second-order valence-electron chi connectivity index (χ2n) is 6.92. The molecule has 0 saturated carbocycles. The zero-order chi connectivity index (χ0) is 21.7. The summed E-state index contributed by atoms with van der Waals surface area (Å²) in [5, 5.41) is 8.77. The third-order valence-corrected chi connectivity index (χ3v) is 5.94. The Morgan fingerprint density at radius 1 is 1.10 bits per heavy atom. The molecular formula is C22H22Cl3N3O2. The largest absolute Gasteiger partial charge is 0.489 e. The van der Waals surface area contributed by atoms with Crippen LogP contribution in [0.25, 0.3) is 0 Å². The summed E-state index contributed by atoms with van der Waals surface area (Å²) in [4.78, 5) is 12.3. The summed E-state index contributed by atoms with van der Waals surface area (Å²) in [6.07, 6.45) is 0.690. The van der Waals surface area contributed by atoms with Gasteiger partial charge in [-0.1, -0.05) is 46.9 Å². The number of hydrogen-bond acceptors (Lipinski definition) is 3. The number of benzene rings is 2. The van der Waals surface area contributed by atoms with Crippen LogP contribution in [0.5, 0.6) is 5.75 Å². The van der Waals surface area contributed by atoms with Gasteiger partial charge in [0, 0.05) is 23.7 Å². The van der Waals surface area contributed by atoms with Crippen LogP contribution in [-0.4, -0.2) is 22.2 Å². The summed E-state index contributed by atoms with van der Waals surface area (Å²) in [5.41, 5.74) is 3.23. The van der Waals surface area contributed by atoms with E-state index in [2.05, 4.69) is 10.4 Å². The molecule has 158 valence electrons. The fourth-order valence-electron chi connectivity index (χ4n) is 2.84. The molecular weight excluding hydrogens is 445 g/mol. The number of hydrogen-bond donors (Lipinski definition) is 1. The predicted octanol–water partition coefficient (Wildman–Crippen LogP) is 5.86. The molecule has 0 aliphatic heterocycles. The molecule has 8 heteroatoms. The van der Waals surface area contributed by atoms with Gasteiger partial charge < -0.3 is 10.1 Å². The maximum Gasteiger partial charge on any atom is 0.251 e. The van der Waals surface area contributed by atoms with Gasteiger partial charge in [0.1, 0.15) is 22.5 Å². The van der Waals surface area contributed by atoms with Crippen molar-refractivity contribution in [2.45, 2.75) is 33.4 Å². The zero-order valence-electron chi connectivity index (χ0n) is 16.7. The highest BCUT2D eigenvalue weighted by Crippen LogP contribution is 2.25. The molecule has 1 amide bonds. The highest BCUT2D eigenvalue weighted by molar-refractivity contribution is 6.41. The van der Waals surface area contributed by atoms with Crippen molar-refractivity contribution < 1.29 is 9.53 Å². The summed E-state index contributed by atoms with van der Waals surface area (Å²) >= 11 is 18.2. The van der Waals surface area contributed by atoms with Crippen LogP contribution in [0.2, 0.25) is 15.2 Å². The third kappa shape index (κ3) is 5.69. The smallest absolute Gasteiger partial charge is 0.251 e. The van der Waals surface area contributed by atoms with Crippen LogP contribution in [0.3, 0.4) is 0 Å². The number of nitrogens with zero attached hydrogens (tertiary/aromatic N) is 2. The number of rotatable bonds is 8. The first-order valence-electron chi connectivity index (χ1n) is 9.49. The normalized spacial score (nSPS) is 10.8. The highest BCUT2D eigenvalue weighted by atomic mass is 35.5. The van der Waals surface area contributed by atoms with Gasteiger partial charge >= 0.3 is 0 Å². The van der Waals surface area contributed by atoms with E-state index in [0.29, 0.717) is 52.6 Å². The molecule has 0 bridgehead atoms. The van der Waals surface area contributed by atoms with Crippen LogP contribution in [0.15, 0.2) is 42.5 Å². The average molecular weight is 467 g/mol. The van der Waals surface area contributed by atoms with E-state index in [0.717, 1.165) is 16.9 Å². The van der Waals surface area contributed by atoms with Gasteiger partial charge in [-0.2, -0.15) is 5.10 Å². The molecule has 2 aromatic carbocycles. The van der Waals surface area contributed by atoms with E-state index in [-0.39, 0.29) is 5.91 Å². The van der Waals surface area contributed by atoms with Crippen molar-refractivity contribution in [3.63, 3.8) is 0 Å². The Morgan fingerprint density at radius 2 is 1.83 bits per heavy atom. The second kappa shape index (κ2) is 10.2. The number of carbonyl (C=O) groups excluding carboxylic acids is 1. The molecule has 0 saturated heterocycles. The molecule has 1 heterocycles. The first-order chi connectivity index (χ1) is 14.3. The van der Waals surface area contributed by atoms with E-state index in [1.807, 2.05) is 37.3 Å². The standard InChI is InChI=1S/C22H22Cl3N3O2/c1-14-12-18(8-9-19(14)23)30-13-16-4-6-17(7-5-16)22(29)26-10-3-11-28-21(25)20(24)15(2)27-28/h4-9,12H,3,10-11,13H2,1-2H3,(H,26,29). The summed E-state index contributed by atoms with van der Waals surface area (Å²) < 4.78 is 7.42. The average Bonchev–Trinajstić information content (AvgIpc) is 2.99. The lowest BCUT2D eigenvalue weighted by Gasteiger charge is -2.09. The maximum absolute atomic E-state index is 12.3. The number of carbonyl (C=O) groups is 1. The Hall–Kier alpha value is -2.21. The molecule has 1 N–H and O–H groups in total. The second-order valence-corrected chi connectivity index (χ2v) is 8.06. The van der Waals surface area contributed by atoms with Gasteiger partial charge in [0.2, 0.25) is 0 Å². The van der Waals surface area contributed by atoms with Crippen molar-refractivity contribution in [3.8, 4) is 5.75 Å². The molecule has 5 nitrogen and oxygen atoms in total. The molecule has 3 rings (SSSR count). The van der Waals surface area contributed by atoms with Gasteiger partial charge in [0.05, 0.1) is 5.69 Å². The van der Waals surface area contributed by atoms with Crippen LogP contribution in [0, 0.1) is 13.8 Å². The summed E-state index contributed by atoms with van der Waals surface area (Å²) in [5.74, 6) is 0.629. The summed E-state index contributed by atoms with van der Waals surface area (Å²) in [6, 6.07) is 12.9. The Kier molecular flexibility index (Phi) is 7.64. The van der Waals surface area contributed by atoms with E-state index in [1.165, 1.54) is 0 Å². The lowest BCUT2D eigenvalue weighted by Crippen LogP contribution is -2.25. The molecule has 0 unspecified atom stereocenters. The van der Waals surface area contributed by atoms with Crippen LogP contribution < -0.4 is 10.1 Å². The van der Waals surface area contributed by atoms with Gasteiger partial charge in [-0.25, -0.2) is 0 Å². The Labute approximate surface area is 190 Å². The minimum atomic E-state index is -0.128. The summed E-state index contributed by atoms with van der Waals surface area (Å²) in [6.45, 7) is 5.23. The maximum atomic E-state index is 12.3. The molecule has 3 aromatic rings. The van der Waals surface area contributed by atoms with Gasteiger partial charge in [0.25, 0.3) is 5.91 Å². The fourth-order valence-corrected chi connectivity index (χ4v) is 3.35. The van der Waals surface area contributed by atoms with Crippen molar-refractivity contribution in [1.29, 1.82) is 0 Å². The molecule has 30 heavy (non-hydrogen) atoms. The zero-order valence-corrected chi connectivity index (χ0v) is 19.0. The van der Waals surface area contributed by atoms with Crippen LogP contribution in [0.4, 0.5) is 0 Å². The number of ether oxygens (including phenoxy) is 1. The predicted molar refractivity (Wildman–Crippen MR) is 121 cm³/mol. The van der Waals surface area contributed by atoms with Crippen molar-refractivity contribution in [3.05, 3.63) is 80.0 Å². The van der Waals surface area contributed by atoms with Gasteiger partial charge in [-0.3, -0.25) is 9.48 Å². The fraction of sp³-hybridized carbons (Fsp3) is 0.273. The monoisotopic (exact) mass is 465 g/mol. The summed E-state index contributed by atoms with van der Waals surface area (Å²) in [7, 11) is 0. The van der Waals surface area contributed by atoms with Gasteiger partial charge in [-0.05, 0) is 61.7 Å². The first kappa shape index (κ1) is 22.5. The number of aryl methyl sites for hydroxylation is 3. The van der Waals surface area contributed by atoms with Gasteiger partial charge in [0.15, 0.2) is 0 Å². The van der Waals surface area contributed by atoms with Gasteiger partial charge in [-0.15, -0.1) is 0 Å². The lowest BCUT2D eigenvalue weighted by molar-refractivity contribution is 0.0952. The molecule has 0 aliphatic rings. The van der Waals surface area contributed by atoms with Crippen LogP contribution in [-0.2, 0) is 13.2 Å². The quantitative estimate of drug-likeness (QED) is 0.423. The van der Waals surface area contributed by atoms with Crippen molar-refractivity contribution in [2.24, 2.45) is 0 Å². The van der Waals surface area contributed by atoms with Crippen molar-refractivity contribution >= 4 is 40.7 Å². The molecule has 0 aliphatic carbocycles. The molecule has 0 fully saturated rings. The number of aromatic nitrogens is 2. The SMILES string of the molecule is Cc1cc(OCc2ccc(C(=O)NCCCn3nc(C)c(Cl)c3Cl)cc2)ccc1Cl. The first-order valence-corrected chi connectivity index (χ1v) is 10.6.